The minimum atomic E-state index is -4.58. The summed E-state index contributed by atoms with van der Waals surface area (Å²) < 4.78 is 67.9. The third-order valence-electron chi connectivity index (χ3n) is 7.12. The Kier molecular flexibility index (Phi) is 6.95. The summed E-state index contributed by atoms with van der Waals surface area (Å²) >= 11 is 0. The number of aromatic nitrogens is 1. The van der Waals surface area contributed by atoms with E-state index in [4.69, 9.17) is 0 Å². The number of hydrogen-bond donors (Lipinski definition) is 1. The molecule has 3 aromatic rings. The summed E-state index contributed by atoms with van der Waals surface area (Å²) in [6.07, 6.45) is -3.48. The quantitative estimate of drug-likeness (QED) is 0.535. The molecule has 0 aliphatic carbocycles. The number of phenolic OH excluding ortho intramolecular Hbond substituents is 1. The highest BCUT2D eigenvalue weighted by atomic mass is 32.2. The Morgan fingerprint density at radius 3 is 2.34 bits per heavy atom. The Bertz CT molecular complexity index is 1440. The summed E-state index contributed by atoms with van der Waals surface area (Å²) in [6.45, 7) is 1.69. The van der Waals surface area contributed by atoms with Gasteiger partial charge in [-0.15, -0.1) is 0 Å². The fourth-order valence-electron chi connectivity index (χ4n) is 5.12. The van der Waals surface area contributed by atoms with E-state index in [0.29, 0.717) is 56.6 Å². The van der Waals surface area contributed by atoms with E-state index in [2.05, 4.69) is 4.98 Å². The van der Waals surface area contributed by atoms with E-state index in [1.807, 2.05) is 4.90 Å². The molecular formula is C26H27F3N4O4S. The molecule has 2 fully saturated rings. The van der Waals surface area contributed by atoms with Crippen LogP contribution in [0.3, 0.4) is 0 Å². The molecule has 202 valence electrons. The molecule has 2 aliphatic heterocycles. The van der Waals surface area contributed by atoms with Crippen molar-refractivity contribution >= 4 is 32.5 Å². The summed E-state index contributed by atoms with van der Waals surface area (Å²) in [6, 6.07) is 13.0. The van der Waals surface area contributed by atoms with Gasteiger partial charge in [0.05, 0.1) is 16.3 Å². The van der Waals surface area contributed by atoms with Gasteiger partial charge in [-0.05, 0) is 49.2 Å². The first-order valence-corrected chi connectivity index (χ1v) is 13.8. The molecule has 38 heavy (non-hydrogen) atoms. The first kappa shape index (κ1) is 26.2. The number of carbonyl (C=O) groups is 1. The van der Waals surface area contributed by atoms with Crippen LogP contribution in [0.15, 0.2) is 59.5 Å². The van der Waals surface area contributed by atoms with Gasteiger partial charge >= 0.3 is 6.18 Å². The fraction of sp³-hybridized carbons (Fsp3) is 0.385. The molecule has 0 radical (unpaired) electrons. The first-order chi connectivity index (χ1) is 18.0. The Labute approximate surface area is 218 Å². The van der Waals surface area contributed by atoms with Crippen LogP contribution in [0, 0.1) is 5.92 Å². The second-order valence-electron chi connectivity index (χ2n) is 9.55. The minimum absolute atomic E-state index is 0.0378. The van der Waals surface area contributed by atoms with Crippen molar-refractivity contribution in [1.29, 1.82) is 0 Å². The fourth-order valence-corrected chi connectivity index (χ4v) is 6.64. The number of rotatable bonds is 4. The molecule has 0 saturated carbocycles. The largest absolute Gasteiger partial charge is 0.508 e. The Balaban J connectivity index is 1.28. The molecule has 2 aromatic carbocycles. The number of benzene rings is 2. The number of pyridine rings is 1. The zero-order chi connectivity index (χ0) is 27.1. The first-order valence-electron chi connectivity index (χ1n) is 12.3. The van der Waals surface area contributed by atoms with Crippen LogP contribution >= 0.6 is 0 Å². The zero-order valence-electron chi connectivity index (χ0n) is 20.4. The van der Waals surface area contributed by atoms with E-state index in [1.54, 1.807) is 29.2 Å². The third-order valence-corrected chi connectivity index (χ3v) is 9.00. The summed E-state index contributed by atoms with van der Waals surface area (Å²) in [5.41, 5.74) is -0.270. The number of amides is 1. The number of alkyl halides is 3. The highest BCUT2D eigenvalue weighted by Gasteiger charge is 2.37. The molecule has 5 rings (SSSR count). The van der Waals surface area contributed by atoms with Crippen LogP contribution in [0.25, 0.3) is 10.9 Å². The summed E-state index contributed by atoms with van der Waals surface area (Å²) in [5, 5.41) is 10.1. The lowest BCUT2D eigenvalue weighted by Gasteiger charge is -2.39. The van der Waals surface area contributed by atoms with Crippen molar-refractivity contribution in [1.82, 2.24) is 14.2 Å². The maximum Gasteiger partial charge on any atom is 0.433 e. The Morgan fingerprint density at radius 1 is 0.974 bits per heavy atom. The normalized spacial score (nSPS) is 19.6. The van der Waals surface area contributed by atoms with Gasteiger partial charge in [0.15, 0.2) is 0 Å². The van der Waals surface area contributed by atoms with Crippen LogP contribution in [-0.4, -0.2) is 72.9 Å². The average Bonchev–Trinajstić information content (AvgIpc) is 2.92. The van der Waals surface area contributed by atoms with Crippen LogP contribution in [-0.2, 0) is 21.0 Å². The number of carbonyl (C=O) groups excluding carboxylic acids is 1. The molecule has 2 aliphatic rings. The summed E-state index contributed by atoms with van der Waals surface area (Å²) in [4.78, 5) is 20.7. The smallest absolute Gasteiger partial charge is 0.433 e. The molecule has 12 heteroatoms. The topological polar surface area (TPSA) is 94.0 Å². The lowest BCUT2D eigenvalue weighted by molar-refractivity contribution is -0.141. The molecule has 1 atom stereocenters. The highest BCUT2D eigenvalue weighted by Crippen LogP contribution is 2.35. The molecule has 1 amide bonds. The van der Waals surface area contributed by atoms with Crippen molar-refractivity contribution in [2.24, 2.45) is 5.92 Å². The van der Waals surface area contributed by atoms with Crippen LogP contribution < -0.4 is 4.90 Å². The molecule has 0 spiro atoms. The summed E-state index contributed by atoms with van der Waals surface area (Å²) in [5.74, 6) is -0.684. The standard InChI is InChI=1S/C26H27F3N4O4S/c27-26(28,29)24-16-23(21-5-1-2-6-22(21)30-24)31-12-14-32(15-13-31)25(35)18-4-3-11-33(17-18)38(36,37)20-9-7-19(34)8-10-20/h1-2,5-10,16,18,34H,3-4,11-15,17H2. The number of phenols is 1. The molecular weight excluding hydrogens is 521 g/mol. The molecule has 3 heterocycles. The maximum absolute atomic E-state index is 13.5. The van der Waals surface area contributed by atoms with Crippen molar-refractivity contribution in [2.45, 2.75) is 23.9 Å². The maximum atomic E-state index is 13.5. The van der Waals surface area contributed by atoms with Crippen molar-refractivity contribution in [3.8, 4) is 5.75 Å². The lowest BCUT2D eigenvalue weighted by atomic mass is 9.97. The van der Waals surface area contributed by atoms with Gasteiger partial charge in [-0.1, -0.05) is 18.2 Å². The third kappa shape index (κ3) is 5.14. The monoisotopic (exact) mass is 548 g/mol. The number of sulfonamides is 1. The number of halogens is 3. The van der Waals surface area contributed by atoms with Crippen molar-refractivity contribution < 1.29 is 31.5 Å². The number of piperidine rings is 1. The van der Waals surface area contributed by atoms with Crippen LogP contribution in [0.2, 0.25) is 0 Å². The van der Waals surface area contributed by atoms with Crippen LogP contribution in [0.1, 0.15) is 18.5 Å². The second-order valence-corrected chi connectivity index (χ2v) is 11.5. The number of aromatic hydroxyl groups is 1. The van der Waals surface area contributed by atoms with Gasteiger partial charge in [-0.3, -0.25) is 4.79 Å². The number of fused-ring (bicyclic) bond motifs is 1. The predicted octanol–water partition coefficient (Wildman–Crippen LogP) is 3.71. The van der Waals surface area contributed by atoms with Gasteiger partial charge in [-0.25, -0.2) is 13.4 Å². The van der Waals surface area contributed by atoms with E-state index >= 15 is 0 Å². The van der Waals surface area contributed by atoms with Gasteiger partial charge in [-0.2, -0.15) is 17.5 Å². The molecule has 1 N–H and O–H groups in total. The van der Waals surface area contributed by atoms with E-state index in [1.165, 1.54) is 28.6 Å². The van der Waals surface area contributed by atoms with Crippen molar-refractivity contribution in [3.05, 3.63) is 60.3 Å². The average molecular weight is 549 g/mol. The van der Waals surface area contributed by atoms with E-state index in [0.717, 1.165) is 6.07 Å². The molecule has 1 unspecified atom stereocenters. The number of para-hydroxylation sites is 1. The van der Waals surface area contributed by atoms with Gasteiger partial charge in [0, 0.05) is 50.3 Å². The Hall–Kier alpha value is -3.38. The van der Waals surface area contributed by atoms with E-state index < -0.39 is 27.8 Å². The number of nitrogens with zero attached hydrogens (tertiary/aromatic N) is 4. The predicted molar refractivity (Wildman–Crippen MR) is 135 cm³/mol. The zero-order valence-corrected chi connectivity index (χ0v) is 21.2. The molecule has 2 saturated heterocycles. The molecule has 8 nitrogen and oxygen atoms in total. The van der Waals surface area contributed by atoms with E-state index in [-0.39, 0.29) is 28.6 Å². The van der Waals surface area contributed by atoms with Crippen molar-refractivity contribution in [2.75, 3.05) is 44.2 Å². The van der Waals surface area contributed by atoms with Crippen LogP contribution in [0.5, 0.6) is 5.75 Å². The van der Waals surface area contributed by atoms with Crippen molar-refractivity contribution in [3.63, 3.8) is 0 Å². The lowest BCUT2D eigenvalue weighted by Crippen LogP contribution is -2.53. The van der Waals surface area contributed by atoms with E-state index in [9.17, 15) is 31.5 Å². The molecule has 1 aromatic heterocycles. The Morgan fingerprint density at radius 2 is 1.66 bits per heavy atom. The van der Waals surface area contributed by atoms with Gasteiger partial charge in [0.1, 0.15) is 11.4 Å². The molecule has 0 bridgehead atoms. The number of hydrogen-bond acceptors (Lipinski definition) is 6. The second kappa shape index (κ2) is 10.1. The number of anilines is 1. The van der Waals surface area contributed by atoms with Gasteiger partial charge in [0.25, 0.3) is 0 Å². The van der Waals surface area contributed by atoms with Crippen LogP contribution in [0.4, 0.5) is 18.9 Å². The highest BCUT2D eigenvalue weighted by molar-refractivity contribution is 7.89. The van der Waals surface area contributed by atoms with Gasteiger partial charge < -0.3 is 14.9 Å². The summed E-state index contributed by atoms with van der Waals surface area (Å²) in [7, 11) is -3.81. The SMILES string of the molecule is O=C(C1CCCN(S(=O)(=O)c2ccc(O)cc2)C1)N1CCN(c2cc(C(F)(F)F)nc3ccccc23)CC1. The minimum Gasteiger partial charge on any atom is -0.508 e. The van der Waals surface area contributed by atoms with Gasteiger partial charge in [0.2, 0.25) is 15.9 Å². The number of piperazine rings is 1.